The van der Waals surface area contributed by atoms with E-state index in [4.69, 9.17) is 17.0 Å². The molecule has 9 heteroatoms. The van der Waals surface area contributed by atoms with Gasteiger partial charge in [0.05, 0.1) is 10.9 Å². The summed E-state index contributed by atoms with van der Waals surface area (Å²) in [5.74, 6) is -0.206. The van der Waals surface area contributed by atoms with Crippen molar-refractivity contribution in [2.24, 2.45) is 0 Å². The molecule has 0 aliphatic heterocycles. The normalized spacial score (nSPS) is 10.3. The number of carbonyl (C=O) groups is 2. The van der Waals surface area contributed by atoms with Crippen molar-refractivity contribution in [1.29, 1.82) is 0 Å². The molecule has 154 valence electrons. The molecule has 30 heavy (non-hydrogen) atoms. The second-order valence-corrected chi connectivity index (χ2v) is 8.41. The van der Waals surface area contributed by atoms with E-state index in [0.717, 1.165) is 20.8 Å². The van der Waals surface area contributed by atoms with Crippen LogP contribution in [0.25, 0.3) is 10.8 Å². The van der Waals surface area contributed by atoms with Gasteiger partial charge in [0.2, 0.25) is 5.91 Å². The number of rotatable bonds is 5. The molecular weight excluding hydrogens is 534 g/mol. The first-order valence-electron chi connectivity index (χ1n) is 8.85. The molecule has 0 aromatic heterocycles. The molecule has 0 unspecified atom stereocenters. The Bertz CT molecular complexity index is 1100. The molecular formula is C21H17Br2N3O3S. The van der Waals surface area contributed by atoms with Crippen molar-refractivity contribution in [3.8, 4) is 5.75 Å². The molecule has 3 rings (SSSR count). The maximum absolute atomic E-state index is 12.3. The molecule has 0 spiro atoms. The number of amides is 2. The molecule has 0 radical (unpaired) electrons. The number of carbonyl (C=O) groups excluding carboxylic acids is 2. The number of nitrogens with one attached hydrogen (secondary N) is 3. The van der Waals surface area contributed by atoms with Gasteiger partial charge in [-0.1, -0.05) is 58.4 Å². The van der Waals surface area contributed by atoms with Crippen LogP contribution in [0.4, 0.5) is 0 Å². The zero-order valence-corrected chi connectivity index (χ0v) is 19.6. The Labute approximate surface area is 195 Å². The second kappa shape index (κ2) is 10.5. The van der Waals surface area contributed by atoms with Crippen LogP contribution in [-0.4, -0.2) is 23.5 Å². The van der Waals surface area contributed by atoms with Gasteiger partial charge in [0.25, 0.3) is 5.91 Å². The fourth-order valence-electron chi connectivity index (χ4n) is 2.72. The Morgan fingerprint density at radius 3 is 2.50 bits per heavy atom. The first kappa shape index (κ1) is 22.2. The number of halogens is 2. The molecule has 0 aliphatic carbocycles. The number of thiocarbonyl (C=S) groups is 1. The number of ether oxygens (including phenoxy) is 1. The van der Waals surface area contributed by atoms with Crippen molar-refractivity contribution in [3.63, 3.8) is 0 Å². The summed E-state index contributed by atoms with van der Waals surface area (Å²) in [5, 5.41) is 4.62. The third-order valence-electron chi connectivity index (χ3n) is 4.05. The highest BCUT2D eigenvalue weighted by Gasteiger charge is 2.10. The minimum absolute atomic E-state index is 0.00147. The molecule has 0 aliphatic rings. The molecule has 2 amide bonds. The van der Waals surface area contributed by atoms with E-state index in [1.807, 2.05) is 48.5 Å². The first-order valence-corrected chi connectivity index (χ1v) is 10.8. The fourth-order valence-corrected chi connectivity index (χ4v) is 4.05. The predicted octanol–water partition coefficient (Wildman–Crippen LogP) is 4.01. The van der Waals surface area contributed by atoms with Gasteiger partial charge in [0, 0.05) is 4.47 Å². The van der Waals surface area contributed by atoms with E-state index < -0.39 is 5.91 Å². The van der Waals surface area contributed by atoms with Crippen molar-refractivity contribution in [3.05, 3.63) is 75.2 Å². The van der Waals surface area contributed by atoms with Crippen LogP contribution >= 0.6 is 44.1 Å². The van der Waals surface area contributed by atoms with Crippen molar-refractivity contribution < 1.29 is 14.3 Å². The minimum atomic E-state index is -0.449. The highest BCUT2D eigenvalue weighted by atomic mass is 79.9. The van der Waals surface area contributed by atoms with E-state index >= 15 is 0 Å². The van der Waals surface area contributed by atoms with Gasteiger partial charge >= 0.3 is 0 Å². The molecule has 6 nitrogen and oxygen atoms in total. The van der Waals surface area contributed by atoms with Crippen LogP contribution in [-0.2, 0) is 16.0 Å². The van der Waals surface area contributed by atoms with Gasteiger partial charge in [0.1, 0.15) is 5.75 Å². The lowest BCUT2D eigenvalue weighted by Gasteiger charge is -2.12. The van der Waals surface area contributed by atoms with Crippen LogP contribution in [0.3, 0.4) is 0 Å². The summed E-state index contributed by atoms with van der Waals surface area (Å²) in [6, 6.07) is 19.0. The molecule has 3 N–H and O–H groups in total. The number of fused-ring (bicyclic) bond motifs is 1. The van der Waals surface area contributed by atoms with Crippen molar-refractivity contribution >= 4 is 71.8 Å². The van der Waals surface area contributed by atoms with Crippen LogP contribution in [0.2, 0.25) is 0 Å². The van der Waals surface area contributed by atoms with Crippen LogP contribution in [0.5, 0.6) is 5.75 Å². The largest absolute Gasteiger partial charge is 0.483 e. The monoisotopic (exact) mass is 549 g/mol. The first-order chi connectivity index (χ1) is 14.4. The summed E-state index contributed by atoms with van der Waals surface area (Å²) in [6.07, 6.45) is 0.165. The topological polar surface area (TPSA) is 79.5 Å². The lowest BCUT2D eigenvalue weighted by atomic mass is 10.0. The Morgan fingerprint density at radius 2 is 1.70 bits per heavy atom. The fraction of sp³-hybridized carbons (Fsp3) is 0.0952. The highest BCUT2D eigenvalue weighted by Crippen LogP contribution is 2.28. The van der Waals surface area contributed by atoms with Crippen LogP contribution in [0, 0.1) is 0 Å². The highest BCUT2D eigenvalue weighted by molar-refractivity contribution is 9.11. The number of hydrogen-bond donors (Lipinski definition) is 3. The summed E-state index contributed by atoms with van der Waals surface area (Å²) in [5.41, 5.74) is 5.78. The maximum atomic E-state index is 12.3. The number of hydrazine groups is 1. The van der Waals surface area contributed by atoms with Crippen LogP contribution < -0.4 is 20.9 Å². The Kier molecular flexibility index (Phi) is 7.78. The van der Waals surface area contributed by atoms with Gasteiger partial charge in [-0.2, -0.15) is 0 Å². The quantitative estimate of drug-likeness (QED) is 0.330. The molecule has 0 bridgehead atoms. The standard InChI is InChI=1S/C21H17Br2N3O3S/c22-15-8-9-18(17(23)11-15)29-12-20(28)25-26-21(30)24-19(27)10-14-6-3-5-13-4-1-2-7-16(13)14/h1-9,11H,10,12H2,(H,25,28)(H2,24,26,27,30). The molecule has 0 atom stereocenters. The molecule has 0 saturated carbocycles. The molecule has 3 aromatic rings. The van der Waals surface area contributed by atoms with Crippen LogP contribution in [0.1, 0.15) is 5.56 Å². The lowest BCUT2D eigenvalue weighted by molar-refractivity contribution is -0.124. The molecule has 3 aromatic carbocycles. The predicted molar refractivity (Wildman–Crippen MR) is 127 cm³/mol. The van der Waals surface area contributed by atoms with E-state index in [2.05, 4.69) is 48.0 Å². The summed E-state index contributed by atoms with van der Waals surface area (Å²) >= 11 is 11.8. The third kappa shape index (κ3) is 6.25. The Hall–Kier alpha value is -2.49. The summed E-state index contributed by atoms with van der Waals surface area (Å²) < 4.78 is 7.04. The van der Waals surface area contributed by atoms with Crippen molar-refractivity contribution in [1.82, 2.24) is 16.2 Å². The second-order valence-electron chi connectivity index (χ2n) is 6.23. The van der Waals surface area contributed by atoms with Gasteiger partial charge < -0.3 is 10.1 Å². The Balaban J connectivity index is 1.44. The number of hydrogen-bond acceptors (Lipinski definition) is 4. The van der Waals surface area contributed by atoms with E-state index in [1.165, 1.54) is 0 Å². The summed E-state index contributed by atoms with van der Waals surface area (Å²) in [4.78, 5) is 24.2. The third-order valence-corrected chi connectivity index (χ3v) is 5.37. The molecule has 0 fully saturated rings. The van der Waals surface area contributed by atoms with Gasteiger partial charge in [0.15, 0.2) is 11.7 Å². The minimum Gasteiger partial charge on any atom is -0.483 e. The molecule has 0 heterocycles. The maximum Gasteiger partial charge on any atom is 0.276 e. The summed E-state index contributed by atoms with van der Waals surface area (Å²) in [6.45, 7) is -0.222. The van der Waals surface area contributed by atoms with E-state index in [0.29, 0.717) is 10.2 Å². The van der Waals surface area contributed by atoms with Crippen molar-refractivity contribution in [2.75, 3.05) is 6.61 Å². The Morgan fingerprint density at radius 1 is 0.933 bits per heavy atom. The van der Waals surface area contributed by atoms with Gasteiger partial charge in [-0.25, -0.2) is 0 Å². The van der Waals surface area contributed by atoms with E-state index in [1.54, 1.807) is 12.1 Å². The zero-order chi connectivity index (χ0) is 21.5. The van der Waals surface area contributed by atoms with Crippen LogP contribution in [0.15, 0.2) is 69.6 Å². The zero-order valence-electron chi connectivity index (χ0n) is 15.6. The lowest BCUT2D eigenvalue weighted by Crippen LogP contribution is -2.50. The average Bonchev–Trinajstić information content (AvgIpc) is 2.72. The smallest absolute Gasteiger partial charge is 0.276 e. The average molecular weight is 551 g/mol. The number of benzene rings is 3. The SMILES string of the molecule is O=C(COc1ccc(Br)cc1Br)NNC(=S)NC(=O)Cc1cccc2ccccc12. The van der Waals surface area contributed by atoms with Gasteiger partial charge in [-0.05, 0) is 62.7 Å². The van der Waals surface area contributed by atoms with E-state index in [-0.39, 0.29) is 24.0 Å². The van der Waals surface area contributed by atoms with Gasteiger partial charge in [-0.3, -0.25) is 20.4 Å². The van der Waals surface area contributed by atoms with Gasteiger partial charge in [-0.15, -0.1) is 0 Å². The summed E-state index contributed by atoms with van der Waals surface area (Å²) in [7, 11) is 0. The van der Waals surface area contributed by atoms with Crippen molar-refractivity contribution in [2.45, 2.75) is 6.42 Å². The van der Waals surface area contributed by atoms with E-state index in [9.17, 15) is 9.59 Å². The molecule has 0 saturated heterocycles.